The lowest BCUT2D eigenvalue weighted by Gasteiger charge is -2.16. The van der Waals surface area contributed by atoms with Gasteiger partial charge >= 0.3 is 0 Å². The van der Waals surface area contributed by atoms with Crippen LogP contribution in [0.3, 0.4) is 0 Å². The van der Waals surface area contributed by atoms with Crippen LogP contribution in [0, 0.1) is 0 Å². The molecule has 2 heterocycles. The number of nitrogens with one attached hydrogen (secondary N) is 1. The van der Waals surface area contributed by atoms with Gasteiger partial charge in [-0.25, -0.2) is 4.98 Å². The monoisotopic (exact) mass is 305 g/mol. The summed E-state index contributed by atoms with van der Waals surface area (Å²) in [6.45, 7) is 0.0658. The summed E-state index contributed by atoms with van der Waals surface area (Å²) < 4.78 is 1.88. The third-order valence-corrected chi connectivity index (χ3v) is 3.80. The molecule has 1 atom stereocenters. The zero-order valence-electron chi connectivity index (χ0n) is 11.9. The Labute approximate surface area is 128 Å². The molecule has 2 N–H and O–H groups in total. The Bertz CT molecular complexity index is 549. The highest BCUT2D eigenvalue weighted by Crippen LogP contribution is 2.08. The van der Waals surface area contributed by atoms with E-state index in [0.717, 1.165) is 11.6 Å². The Morgan fingerprint density at radius 3 is 2.76 bits per heavy atom. The Hall–Kier alpha value is -1.79. The SMILES string of the molecule is CSCC(CCO)NC(=O)c1ccc(-n2cccc2)nc1. The lowest BCUT2D eigenvalue weighted by molar-refractivity contribution is 0.0935. The second kappa shape index (κ2) is 7.85. The van der Waals surface area contributed by atoms with Crippen molar-refractivity contribution in [3.05, 3.63) is 48.4 Å². The Kier molecular flexibility index (Phi) is 5.83. The van der Waals surface area contributed by atoms with Gasteiger partial charge in [-0.05, 0) is 36.9 Å². The van der Waals surface area contributed by atoms with Gasteiger partial charge in [0.15, 0.2) is 0 Å². The smallest absolute Gasteiger partial charge is 0.253 e. The van der Waals surface area contributed by atoms with Gasteiger partial charge in [0, 0.05) is 37.0 Å². The topological polar surface area (TPSA) is 67.2 Å². The molecule has 112 valence electrons. The van der Waals surface area contributed by atoms with E-state index < -0.39 is 0 Å². The van der Waals surface area contributed by atoms with E-state index in [1.165, 1.54) is 0 Å². The van der Waals surface area contributed by atoms with Gasteiger partial charge in [-0.15, -0.1) is 0 Å². The molecule has 0 saturated carbocycles. The number of rotatable bonds is 7. The predicted octanol–water partition coefficient (Wildman–Crippen LogP) is 1.72. The Balaban J connectivity index is 2.02. The third kappa shape index (κ3) is 4.34. The van der Waals surface area contributed by atoms with E-state index in [1.54, 1.807) is 24.0 Å². The van der Waals surface area contributed by atoms with Crippen molar-refractivity contribution < 1.29 is 9.90 Å². The number of pyridine rings is 1. The first-order chi connectivity index (χ1) is 10.2. The molecule has 0 bridgehead atoms. The maximum atomic E-state index is 12.2. The van der Waals surface area contributed by atoms with Crippen LogP contribution in [0.1, 0.15) is 16.8 Å². The van der Waals surface area contributed by atoms with Crippen molar-refractivity contribution in [3.63, 3.8) is 0 Å². The zero-order valence-corrected chi connectivity index (χ0v) is 12.7. The molecule has 0 aromatic carbocycles. The van der Waals surface area contributed by atoms with Crippen LogP contribution >= 0.6 is 11.8 Å². The molecule has 0 saturated heterocycles. The molecule has 0 aliphatic heterocycles. The van der Waals surface area contributed by atoms with Crippen molar-refractivity contribution in [1.82, 2.24) is 14.9 Å². The predicted molar refractivity (Wildman–Crippen MR) is 84.9 cm³/mol. The molecule has 6 heteroatoms. The quantitative estimate of drug-likeness (QED) is 0.817. The number of carbonyl (C=O) groups excluding carboxylic acids is 1. The molecule has 1 unspecified atom stereocenters. The molecular weight excluding hydrogens is 286 g/mol. The van der Waals surface area contributed by atoms with Gasteiger partial charge in [-0.3, -0.25) is 4.79 Å². The number of amides is 1. The molecule has 2 aromatic heterocycles. The van der Waals surface area contributed by atoms with Crippen molar-refractivity contribution in [2.24, 2.45) is 0 Å². The molecule has 2 rings (SSSR count). The minimum absolute atomic E-state index is 0.0263. The summed E-state index contributed by atoms with van der Waals surface area (Å²) in [5.41, 5.74) is 0.523. The van der Waals surface area contributed by atoms with Crippen LogP contribution in [0.5, 0.6) is 0 Å². The van der Waals surface area contributed by atoms with Crippen LogP contribution in [0.4, 0.5) is 0 Å². The van der Waals surface area contributed by atoms with E-state index >= 15 is 0 Å². The van der Waals surface area contributed by atoms with E-state index in [9.17, 15) is 4.79 Å². The van der Waals surface area contributed by atoms with Crippen LogP contribution in [0.2, 0.25) is 0 Å². The van der Waals surface area contributed by atoms with Crippen LogP contribution in [0.15, 0.2) is 42.9 Å². The third-order valence-electron chi connectivity index (χ3n) is 3.06. The maximum Gasteiger partial charge on any atom is 0.253 e. The van der Waals surface area contributed by atoms with Crippen LogP contribution < -0.4 is 5.32 Å². The van der Waals surface area contributed by atoms with E-state index in [4.69, 9.17) is 5.11 Å². The van der Waals surface area contributed by atoms with Gasteiger partial charge in [0.2, 0.25) is 0 Å². The average molecular weight is 305 g/mol. The highest BCUT2D eigenvalue weighted by atomic mass is 32.2. The highest BCUT2D eigenvalue weighted by Gasteiger charge is 2.13. The van der Waals surface area contributed by atoms with Crippen LogP contribution in [-0.4, -0.2) is 45.2 Å². The van der Waals surface area contributed by atoms with E-state index in [0.29, 0.717) is 12.0 Å². The fraction of sp³-hybridized carbons (Fsp3) is 0.333. The minimum atomic E-state index is -0.158. The first kappa shape index (κ1) is 15.6. The summed E-state index contributed by atoms with van der Waals surface area (Å²) in [5, 5.41) is 11.9. The molecule has 0 radical (unpaired) electrons. The number of aromatic nitrogens is 2. The minimum Gasteiger partial charge on any atom is -0.396 e. The van der Waals surface area contributed by atoms with Crippen molar-refractivity contribution in [3.8, 4) is 5.82 Å². The lowest BCUT2D eigenvalue weighted by atomic mass is 10.2. The molecule has 0 aliphatic rings. The summed E-state index contributed by atoms with van der Waals surface area (Å²) in [5.74, 6) is 1.39. The number of nitrogens with zero attached hydrogens (tertiary/aromatic N) is 2. The fourth-order valence-electron chi connectivity index (χ4n) is 1.98. The van der Waals surface area contributed by atoms with Gasteiger partial charge in [0.25, 0.3) is 5.91 Å². The molecule has 21 heavy (non-hydrogen) atoms. The Morgan fingerprint density at radius 2 is 2.19 bits per heavy atom. The van der Waals surface area contributed by atoms with Crippen molar-refractivity contribution >= 4 is 17.7 Å². The van der Waals surface area contributed by atoms with Crippen molar-refractivity contribution in [2.45, 2.75) is 12.5 Å². The second-order valence-electron chi connectivity index (χ2n) is 4.63. The van der Waals surface area contributed by atoms with E-state index in [-0.39, 0.29) is 18.6 Å². The summed E-state index contributed by atoms with van der Waals surface area (Å²) in [6, 6.07) is 7.38. The number of carbonyl (C=O) groups is 1. The number of hydrogen-bond donors (Lipinski definition) is 2. The molecule has 1 amide bonds. The molecule has 0 fully saturated rings. The fourth-order valence-corrected chi connectivity index (χ4v) is 2.64. The lowest BCUT2D eigenvalue weighted by Crippen LogP contribution is -2.37. The first-order valence-corrected chi connectivity index (χ1v) is 8.14. The molecule has 5 nitrogen and oxygen atoms in total. The average Bonchev–Trinajstić information content (AvgIpc) is 3.02. The second-order valence-corrected chi connectivity index (χ2v) is 5.54. The van der Waals surface area contributed by atoms with Crippen molar-refractivity contribution in [2.75, 3.05) is 18.6 Å². The summed E-state index contributed by atoms with van der Waals surface area (Å²) in [4.78, 5) is 16.4. The van der Waals surface area contributed by atoms with Gasteiger partial charge in [-0.1, -0.05) is 0 Å². The van der Waals surface area contributed by atoms with Crippen molar-refractivity contribution in [1.29, 1.82) is 0 Å². The normalized spacial score (nSPS) is 12.1. The van der Waals surface area contributed by atoms with Crippen LogP contribution in [0.25, 0.3) is 5.82 Å². The number of aliphatic hydroxyl groups excluding tert-OH is 1. The van der Waals surface area contributed by atoms with E-state index in [1.807, 2.05) is 41.4 Å². The van der Waals surface area contributed by atoms with Gasteiger partial charge < -0.3 is 15.0 Å². The van der Waals surface area contributed by atoms with E-state index in [2.05, 4.69) is 10.3 Å². The van der Waals surface area contributed by atoms with Crippen LogP contribution in [-0.2, 0) is 0 Å². The zero-order chi connectivity index (χ0) is 15.1. The molecular formula is C15H19N3O2S. The number of hydrogen-bond acceptors (Lipinski definition) is 4. The van der Waals surface area contributed by atoms with Gasteiger partial charge in [0.05, 0.1) is 5.56 Å². The largest absolute Gasteiger partial charge is 0.396 e. The summed E-state index contributed by atoms with van der Waals surface area (Å²) in [7, 11) is 0. The highest BCUT2D eigenvalue weighted by molar-refractivity contribution is 7.98. The molecule has 0 aliphatic carbocycles. The summed E-state index contributed by atoms with van der Waals surface area (Å²) >= 11 is 1.64. The summed E-state index contributed by atoms with van der Waals surface area (Å²) in [6.07, 6.45) is 7.90. The Morgan fingerprint density at radius 1 is 1.43 bits per heavy atom. The molecule has 0 spiro atoms. The first-order valence-electron chi connectivity index (χ1n) is 6.74. The maximum absolute atomic E-state index is 12.2. The van der Waals surface area contributed by atoms with Gasteiger partial charge in [-0.2, -0.15) is 11.8 Å². The number of thioether (sulfide) groups is 1. The number of aliphatic hydroxyl groups is 1. The molecule has 2 aromatic rings. The standard InChI is InChI=1S/C15H19N3O2S/c1-21-11-13(6-9-19)17-15(20)12-4-5-14(16-10-12)18-7-2-3-8-18/h2-5,7-8,10,13,19H,6,9,11H2,1H3,(H,17,20). The van der Waals surface area contributed by atoms with Gasteiger partial charge in [0.1, 0.15) is 5.82 Å².